The zero-order valence-corrected chi connectivity index (χ0v) is 13.5. The Balaban J connectivity index is 1.98. The first-order chi connectivity index (χ1) is 9.45. The molecule has 1 saturated carbocycles. The van der Waals surface area contributed by atoms with Gasteiger partial charge in [-0.2, -0.15) is 17.0 Å². The second-order valence-corrected chi connectivity index (χ2v) is 8.47. The van der Waals surface area contributed by atoms with Gasteiger partial charge < -0.3 is 5.11 Å². The van der Waals surface area contributed by atoms with Crippen molar-refractivity contribution < 1.29 is 13.5 Å². The standard InChI is InChI=1S/C14H28N2O3S/c1-12-4-3-9-16(10-12)20(18,19)15(2)14-7-5-13(11-17)6-8-14/h12-14,17H,3-11H2,1-2H3. The Morgan fingerprint density at radius 2 is 1.85 bits per heavy atom. The van der Waals surface area contributed by atoms with Crippen molar-refractivity contribution in [3.8, 4) is 0 Å². The zero-order valence-electron chi connectivity index (χ0n) is 12.7. The van der Waals surface area contributed by atoms with E-state index >= 15 is 0 Å². The van der Waals surface area contributed by atoms with E-state index in [9.17, 15) is 8.42 Å². The lowest BCUT2D eigenvalue weighted by Gasteiger charge is -2.38. The van der Waals surface area contributed by atoms with E-state index in [0.717, 1.165) is 38.5 Å². The number of hydrogen-bond donors (Lipinski definition) is 1. The average molecular weight is 304 g/mol. The van der Waals surface area contributed by atoms with Gasteiger partial charge in [0, 0.05) is 32.8 Å². The van der Waals surface area contributed by atoms with Crippen molar-refractivity contribution in [1.82, 2.24) is 8.61 Å². The monoisotopic (exact) mass is 304 g/mol. The van der Waals surface area contributed by atoms with Gasteiger partial charge in [-0.25, -0.2) is 0 Å². The normalized spacial score (nSPS) is 33.5. The molecule has 0 aromatic rings. The lowest BCUT2D eigenvalue weighted by atomic mass is 9.87. The van der Waals surface area contributed by atoms with Crippen LogP contribution >= 0.6 is 0 Å². The minimum absolute atomic E-state index is 0.0973. The van der Waals surface area contributed by atoms with Gasteiger partial charge in [0.15, 0.2) is 0 Å². The third kappa shape index (κ3) is 3.53. The Morgan fingerprint density at radius 1 is 1.20 bits per heavy atom. The molecule has 0 spiro atoms. The maximum absolute atomic E-state index is 12.7. The van der Waals surface area contributed by atoms with E-state index in [-0.39, 0.29) is 12.6 Å². The van der Waals surface area contributed by atoms with Gasteiger partial charge in [0.2, 0.25) is 0 Å². The van der Waals surface area contributed by atoms with Gasteiger partial charge in [-0.15, -0.1) is 0 Å². The van der Waals surface area contributed by atoms with Crippen LogP contribution in [0.2, 0.25) is 0 Å². The predicted molar refractivity (Wildman–Crippen MR) is 79.5 cm³/mol. The molecule has 2 fully saturated rings. The molecule has 1 aliphatic heterocycles. The quantitative estimate of drug-likeness (QED) is 0.855. The van der Waals surface area contributed by atoms with Crippen LogP contribution in [-0.4, -0.2) is 54.9 Å². The number of rotatable bonds is 4. The molecule has 2 aliphatic rings. The highest BCUT2D eigenvalue weighted by Crippen LogP contribution is 2.29. The second-order valence-electron chi connectivity index (χ2n) is 6.49. The molecule has 0 aromatic carbocycles. The fourth-order valence-corrected chi connectivity index (χ4v) is 5.17. The van der Waals surface area contributed by atoms with E-state index in [1.807, 2.05) is 0 Å². The summed E-state index contributed by atoms with van der Waals surface area (Å²) in [6, 6.07) is 0.0973. The molecule has 1 atom stereocenters. The van der Waals surface area contributed by atoms with Crippen molar-refractivity contribution in [1.29, 1.82) is 0 Å². The lowest BCUT2D eigenvalue weighted by Crippen LogP contribution is -2.50. The van der Waals surface area contributed by atoms with Crippen LogP contribution in [0.15, 0.2) is 0 Å². The maximum Gasteiger partial charge on any atom is 0.281 e. The molecular weight excluding hydrogens is 276 g/mol. The number of aliphatic hydroxyl groups is 1. The SMILES string of the molecule is CC1CCCN(S(=O)(=O)N(C)C2CCC(CO)CC2)C1. The Hall–Kier alpha value is -0.170. The van der Waals surface area contributed by atoms with E-state index in [1.54, 1.807) is 15.7 Å². The number of hydrogen-bond acceptors (Lipinski definition) is 3. The van der Waals surface area contributed by atoms with Crippen molar-refractivity contribution in [3.05, 3.63) is 0 Å². The molecule has 0 bridgehead atoms. The van der Waals surface area contributed by atoms with E-state index in [0.29, 0.717) is 24.9 Å². The van der Waals surface area contributed by atoms with Gasteiger partial charge in [0.1, 0.15) is 0 Å². The molecule has 1 saturated heterocycles. The Kier molecular flexibility index (Phi) is 5.45. The topological polar surface area (TPSA) is 60.9 Å². The zero-order chi connectivity index (χ0) is 14.8. The summed E-state index contributed by atoms with van der Waals surface area (Å²) < 4.78 is 28.6. The van der Waals surface area contributed by atoms with Crippen molar-refractivity contribution in [2.45, 2.75) is 51.5 Å². The highest BCUT2D eigenvalue weighted by Gasteiger charge is 2.35. The van der Waals surface area contributed by atoms with E-state index in [2.05, 4.69) is 6.92 Å². The van der Waals surface area contributed by atoms with E-state index in [4.69, 9.17) is 5.11 Å². The van der Waals surface area contributed by atoms with Crippen molar-refractivity contribution in [3.63, 3.8) is 0 Å². The van der Waals surface area contributed by atoms with Crippen LogP contribution < -0.4 is 0 Å². The van der Waals surface area contributed by atoms with Gasteiger partial charge in [-0.1, -0.05) is 6.92 Å². The van der Waals surface area contributed by atoms with Crippen molar-refractivity contribution >= 4 is 10.2 Å². The average Bonchev–Trinajstić information content (AvgIpc) is 2.46. The van der Waals surface area contributed by atoms with E-state index < -0.39 is 10.2 Å². The molecular formula is C14H28N2O3S. The Labute approximate surface area is 123 Å². The van der Waals surface area contributed by atoms with Gasteiger partial charge >= 0.3 is 0 Å². The predicted octanol–water partition coefficient (Wildman–Crippen LogP) is 1.45. The summed E-state index contributed by atoms with van der Waals surface area (Å²) in [5.74, 6) is 0.814. The van der Waals surface area contributed by atoms with Crippen LogP contribution in [-0.2, 0) is 10.2 Å². The molecule has 5 nitrogen and oxygen atoms in total. The van der Waals surface area contributed by atoms with Gasteiger partial charge in [-0.3, -0.25) is 0 Å². The molecule has 1 aliphatic carbocycles. The highest BCUT2D eigenvalue weighted by molar-refractivity contribution is 7.86. The van der Waals surface area contributed by atoms with Gasteiger partial charge in [0.05, 0.1) is 0 Å². The van der Waals surface area contributed by atoms with Gasteiger partial charge in [-0.05, 0) is 50.4 Å². The summed E-state index contributed by atoms with van der Waals surface area (Å²) in [5, 5.41) is 9.17. The minimum atomic E-state index is -3.31. The summed E-state index contributed by atoms with van der Waals surface area (Å²) in [7, 11) is -1.59. The summed E-state index contributed by atoms with van der Waals surface area (Å²) >= 11 is 0. The molecule has 1 unspecified atom stereocenters. The van der Waals surface area contributed by atoms with Crippen LogP contribution in [0.1, 0.15) is 45.4 Å². The molecule has 20 heavy (non-hydrogen) atoms. The number of nitrogens with zero attached hydrogens (tertiary/aromatic N) is 2. The second kappa shape index (κ2) is 6.73. The summed E-state index contributed by atoms with van der Waals surface area (Å²) in [5.41, 5.74) is 0. The summed E-state index contributed by atoms with van der Waals surface area (Å²) in [6.07, 6.45) is 5.67. The van der Waals surface area contributed by atoms with Crippen LogP contribution in [0, 0.1) is 11.8 Å². The third-order valence-corrected chi connectivity index (χ3v) is 6.91. The van der Waals surface area contributed by atoms with Crippen molar-refractivity contribution in [2.24, 2.45) is 11.8 Å². The molecule has 1 heterocycles. The van der Waals surface area contributed by atoms with Crippen LogP contribution in [0.25, 0.3) is 0 Å². The van der Waals surface area contributed by atoms with Crippen LogP contribution in [0.3, 0.4) is 0 Å². The first-order valence-corrected chi connectivity index (χ1v) is 9.18. The molecule has 0 aromatic heterocycles. The fourth-order valence-electron chi connectivity index (χ4n) is 3.42. The molecule has 118 valence electrons. The molecule has 1 N–H and O–H groups in total. The third-order valence-electron chi connectivity index (χ3n) is 4.90. The Morgan fingerprint density at radius 3 is 2.40 bits per heavy atom. The summed E-state index contributed by atoms with van der Waals surface area (Å²) in [6.45, 7) is 3.66. The number of piperidine rings is 1. The Bertz CT molecular complexity index is 405. The first kappa shape index (κ1) is 16.2. The molecule has 0 radical (unpaired) electrons. The molecule has 6 heteroatoms. The number of aliphatic hydroxyl groups excluding tert-OH is 1. The highest BCUT2D eigenvalue weighted by atomic mass is 32.2. The smallest absolute Gasteiger partial charge is 0.281 e. The first-order valence-electron chi connectivity index (χ1n) is 7.79. The lowest BCUT2D eigenvalue weighted by molar-refractivity contribution is 0.154. The molecule has 2 rings (SSSR count). The maximum atomic E-state index is 12.7. The fraction of sp³-hybridized carbons (Fsp3) is 1.00. The van der Waals surface area contributed by atoms with Gasteiger partial charge in [0.25, 0.3) is 10.2 Å². The van der Waals surface area contributed by atoms with Crippen LogP contribution in [0.5, 0.6) is 0 Å². The largest absolute Gasteiger partial charge is 0.396 e. The molecule has 0 amide bonds. The van der Waals surface area contributed by atoms with Crippen LogP contribution in [0.4, 0.5) is 0 Å². The summed E-state index contributed by atoms with van der Waals surface area (Å²) in [4.78, 5) is 0. The van der Waals surface area contributed by atoms with Crippen molar-refractivity contribution in [2.75, 3.05) is 26.7 Å². The minimum Gasteiger partial charge on any atom is -0.396 e. The van der Waals surface area contributed by atoms with E-state index in [1.165, 1.54) is 0 Å².